The maximum absolute atomic E-state index is 12.8. The molecule has 2 heterocycles. The Hall–Kier alpha value is -2.05. The highest BCUT2D eigenvalue weighted by Gasteiger charge is 2.30. The summed E-state index contributed by atoms with van der Waals surface area (Å²) in [6.45, 7) is 3.10. The van der Waals surface area contributed by atoms with Crippen molar-refractivity contribution in [3.8, 4) is 5.75 Å². The largest absolute Gasteiger partial charge is 0.480 e. The van der Waals surface area contributed by atoms with Gasteiger partial charge in [-0.3, -0.25) is 4.79 Å². The predicted molar refractivity (Wildman–Crippen MR) is 112 cm³/mol. The highest BCUT2D eigenvalue weighted by atomic mass is 79.9. The third kappa shape index (κ3) is 4.03. The molecule has 4 rings (SSSR count). The van der Waals surface area contributed by atoms with E-state index in [-0.39, 0.29) is 11.8 Å². The Morgan fingerprint density at radius 2 is 2.04 bits per heavy atom. The van der Waals surface area contributed by atoms with Crippen molar-refractivity contribution < 1.29 is 13.9 Å². The van der Waals surface area contributed by atoms with E-state index in [2.05, 4.69) is 20.9 Å². The number of piperidine rings is 1. The van der Waals surface area contributed by atoms with Crippen molar-refractivity contribution in [2.75, 3.05) is 13.1 Å². The number of amides is 1. The summed E-state index contributed by atoms with van der Waals surface area (Å²) in [5, 5.41) is 0.611. The molecule has 28 heavy (non-hydrogen) atoms. The van der Waals surface area contributed by atoms with Crippen molar-refractivity contribution in [3.05, 3.63) is 57.9 Å². The van der Waals surface area contributed by atoms with Crippen LogP contribution in [0.2, 0.25) is 5.02 Å². The first-order chi connectivity index (χ1) is 13.5. The summed E-state index contributed by atoms with van der Waals surface area (Å²) < 4.78 is 12.5. The predicted octanol–water partition coefficient (Wildman–Crippen LogP) is 5.42. The molecule has 1 amide bonds. The molecule has 7 heteroatoms. The molecular formula is C21H20BrClN2O3. The maximum atomic E-state index is 12.8. The van der Waals surface area contributed by atoms with Crippen LogP contribution < -0.4 is 4.74 Å². The first-order valence-electron chi connectivity index (χ1n) is 9.27. The first kappa shape index (κ1) is 19.3. The van der Waals surface area contributed by atoms with E-state index < -0.39 is 6.10 Å². The van der Waals surface area contributed by atoms with E-state index in [1.54, 1.807) is 25.1 Å². The Bertz CT molecular complexity index is 965. The van der Waals surface area contributed by atoms with E-state index in [1.807, 2.05) is 29.2 Å². The van der Waals surface area contributed by atoms with Crippen LogP contribution in [0.4, 0.5) is 0 Å². The van der Waals surface area contributed by atoms with E-state index in [0.29, 0.717) is 23.9 Å². The van der Waals surface area contributed by atoms with Gasteiger partial charge in [-0.15, -0.1) is 0 Å². The minimum atomic E-state index is -0.571. The molecule has 3 aromatic rings. The second-order valence-electron chi connectivity index (χ2n) is 6.95. The lowest BCUT2D eigenvalue weighted by atomic mass is 9.96. The van der Waals surface area contributed by atoms with Gasteiger partial charge in [0.1, 0.15) is 11.3 Å². The number of rotatable bonds is 4. The monoisotopic (exact) mass is 462 g/mol. The zero-order valence-corrected chi connectivity index (χ0v) is 17.7. The number of hydrogen-bond acceptors (Lipinski definition) is 4. The third-order valence-electron chi connectivity index (χ3n) is 5.01. The highest BCUT2D eigenvalue weighted by Crippen LogP contribution is 2.31. The minimum absolute atomic E-state index is 0.0159. The average Bonchev–Trinajstić information content (AvgIpc) is 3.14. The molecule has 5 nitrogen and oxygen atoms in total. The van der Waals surface area contributed by atoms with Gasteiger partial charge in [-0.2, -0.15) is 0 Å². The zero-order chi connectivity index (χ0) is 19.7. The number of ether oxygens (including phenoxy) is 1. The van der Waals surface area contributed by atoms with Crippen LogP contribution in [-0.2, 0) is 4.79 Å². The summed E-state index contributed by atoms with van der Waals surface area (Å²) in [6, 6.07) is 13.0. The molecule has 146 valence electrons. The van der Waals surface area contributed by atoms with E-state index >= 15 is 0 Å². The van der Waals surface area contributed by atoms with Crippen molar-refractivity contribution in [1.29, 1.82) is 0 Å². The molecule has 1 unspecified atom stereocenters. The fraction of sp³-hybridized carbons (Fsp3) is 0.333. The first-order valence-corrected chi connectivity index (χ1v) is 10.4. The molecule has 1 aliphatic rings. The Morgan fingerprint density at radius 3 is 2.75 bits per heavy atom. The smallest absolute Gasteiger partial charge is 0.263 e. The summed E-state index contributed by atoms with van der Waals surface area (Å²) in [4.78, 5) is 19.2. The summed E-state index contributed by atoms with van der Waals surface area (Å²) in [5.74, 6) is 1.59. The van der Waals surface area contributed by atoms with Gasteiger partial charge in [0.25, 0.3) is 5.91 Å². The van der Waals surface area contributed by atoms with Crippen molar-refractivity contribution in [1.82, 2.24) is 9.88 Å². The van der Waals surface area contributed by atoms with Gasteiger partial charge < -0.3 is 14.1 Å². The van der Waals surface area contributed by atoms with Gasteiger partial charge in [0.15, 0.2) is 17.6 Å². The third-order valence-corrected chi connectivity index (χ3v) is 5.87. The summed E-state index contributed by atoms with van der Waals surface area (Å²) >= 11 is 9.37. The number of nitrogens with zero attached hydrogens (tertiary/aromatic N) is 2. The lowest BCUT2D eigenvalue weighted by Crippen LogP contribution is -2.44. The number of benzene rings is 2. The lowest BCUT2D eigenvalue weighted by Gasteiger charge is -2.32. The Labute approximate surface area is 176 Å². The number of aromatic nitrogens is 1. The molecule has 1 aliphatic heterocycles. The zero-order valence-electron chi connectivity index (χ0n) is 15.4. The van der Waals surface area contributed by atoms with Gasteiger partial charge in [0.05, 0.1) is 4.47 Å². The SMILES string of the molecule is CC(Oc1ccc(Cl)cc1Br)C(=O)N1CCC(c2nc3ccccc3o2)CC1. The van der Waals surface area contributed by atoms with Gasteiger partial charge in [-0.25, -0.2) is 4.98 Å². The fourth-order valence-corrected chi connectivity index (χ4v) is 4.26. The van der Waals surface area contributed by atoms with Gasteiger partial charge in [-0.05, 0) is 66.0 Å². The van der Waals surface area contributed by atoms with E-state index in [9.17, 15) is 4.79 Å². The molecule has 1 atom stereocenters. The number of hydrogen-bond donors (Lipinski definition) is 0. The van der Waals surface area contributed by atoms with Crippen LogP contribution in [0.15, 0.2) is 51.4 Å². The molecular weight excluding hydrogens is 444 g/mol. The number of fused-ring (bicyclic) bond motifs is 1. The molecule has 0 spiro atoms. The number of carbonyl (C=O) groups is 1. The second kappa shape index (κ2) is 8.13. The standard InChI is InChI=1S/C21H20BrClN2O3/c1-13(27-18-7-6-15(23)12-16(18)22)21(26)25-10-8-14(9-11-25)20-24-17-4-2-3-5-19(17)28-20/h2-7,12-14H,8-11H2,1H3. The number of para-hydroxylation sites is 2. The van der Waals surface area contributed by atoms with Gasteiger partial charge in [0.2, 0.25) is 0 Å². The van der Waals surface area contributed by atoms with Crippen molar-refractivity contribution >= 4 is 44.5 Å². The summed E-state index contributed by atoms with van der Waals surface area (Å²) in [5.41, 5.74) is 1.69. The van der Waals surface area contributed by atoms with Crippen LogP contribution in [0, 0.1) is 0 Å². The molecule has 0 bridgehead atoms. The van der Waals surface area contributed by atoms with E-state index in [4.69, 9.17) is 20.8 Å². The van der Waals surface area contributed by atoms with Gasteiger partial charge in [0, 0.05) is 24.0 Å². The minimum Gasteiger partial charge on any atom is -0.480 e. The van der Waals surface area contributed by atoms with E-state index in [1.165, 1.54) is 0 Å². The molecule has 0 N–H and O–H groups in total. The van der Waals surface area contributed by atoms with Crippen molar-refractivity contribution in [2.45, 2.75) is 31.8 Å². The highest BCUT2D eigenvalue weighted by molar-refractivity contribution is 9.10. The molecule has 2 aromatic carbocycles. The van der Waals surface area contributed by atoms with Crippen LogP contribution in [0.5, 0.6) is 5.75 Å². The second-order valence-corrected chi connectivity index (χ2v) is 8.24. The number of oxazole rings is 1. The maximum Gasteiger partial charge on any atom is 0.263 e. The van der Waals surface area contributed by atoms with Crippen LogP contribution in [0.3, 0.4) is 0 Å². The number of halogens is 2. The molecule has 0 saturated carbocycles. The topological polar surface area (TPSA) is 55.6 Å². The molecule has 1 aromatic heterocycles. The van der Waals surface area contributed by atoms with Crippen LogP contribution in [0.1, 0.15) is 31.6 Å². The van der Waals surface area contributed by atoms with E-state index in [0.717, 1.165) is 34.3 Å². The number of likely N-dealkylation sites (tertiary alicyclic amines) is 1. The fourth-order valence-electron chi connectivity index (χ4n) is 3.48. The number of carbonyl (C=O) groups excluding carboxylic acids is 1. The molecule has 1 fully saturated rings. The van der Waals surface area contributed by atoms with Crippen molar-refractivity contribution in [2.24, 2.45) is 0 Å². The van der Waals surface area contributed by atoms with Crippen LogP contribution in [0.25, 0.3) is 11.1 Å². The average molecular weight is 464 g/mol. The quantitative estimate of drug-likeness (QED) is 0.518. The van der Waals surface area contributed by atoms with Gasteiger partial charge in [-0.1, -0.05) is 23.7 Å². The van der Waals surface area contributed by atoms with Gasteiger partial charge >= 0.3 is 0 Å². The molecule has 0 radical (unpaired) electrons. The Balaban J connectivity index is 1.36. The Morgan fingerprint density at radius 1 is 1.29 bits per heavy atom. The van der Waals surface area contributed by atoms with Crippen molar-refractivity contribution in [3.63, 3.8) is 0 Å². The summed E-state index contributed by atoms with van der Waals surface area (Å²) in [6.07, 6.45) is 1.09. The Kier molecular flexibility index (Phi) is 5.60. The lowest BCUT2D eigenvalue weighted by molar-refractivity contribution is -0.139. The molecule has 0 aliphatic carbocycles. The normalized spacial score (nSPS) is 16.3. The molecule has 1 saturated heterocycles. The van der Waals surface area contributed by atoms with Crippen LogP contribution in [-0.4, -0.2) is 35.0 Å². The summed E-state index contributed by atoms with van der Waals surface area (Å²) in [7, 11) is 0. The van der Waals surface area contributed by atoms with Crippen LogP contribution >= 0.6 is 27.5 Å².